The number of carboxylic acid groups (broad SMARTS) is 2. The lowest BCUT2D eigenvalue weighted by Crippen LogP contribution is -2.66. The summed E-state index contributed by atoms with van der Waals surface area (Å²) >= 11 is 0. The smallest absolute Gasteiger partial charge is 0.317 e. The minimum atomic E-state index is -1.23. The first-order valence-corrected chi connectivity index (χ1v) is 10.2. The lowest BCUT2D eigenvalue weighted by atomic mass is 10.0. The highest BCUT2D eigenvalue weighted by molar-refractivity contribution is 5.92. The van der Waals surface area contributed by atoms with Crippen LogP contribution >= 0.6 is 0 Å². The van der Waals surface area contributed by atoms with Crippen molar-refractivity contribution in [3.8, 4) is 0 Å². The lowest BCUT2D eigenvalue weighted by molar-refractivity contribution is -0.154. The molecule has 27 heavy (non-hydrogen) atoms. The molecule has 0 aromatic carbocycles. The van der Waals surface area contributed by atoms with E-state index in [2.05, 4.69) is 17.1 Å². The van der Waals surface area contributed by atoms with Crippen LogP contribution in [0.1, 0.15) is 71.6 Å². The number of hydrogen-bond acceptors (Lipinski definition) is 6. The van der Waals surface area contributed by atoms with Crippen molar-refractivity contribution in [3.05, 3.63) is 0 Å². The summed E-state index contributed by atoms with van der Waals surface area (Å²) in [5.41, 5.74) is 11.7. The Kier molecular flexibility index (Phi) is 14.1. The van der Waals surface area contributed by atoms with Gasteiger partial charge in [0.2, 0.25) is 0 Å². The van der Waals surface area contributed by atoms with E-state index in [9.17, 15) is 9.59 Å². The van der Waals surface area contributed by atoms with Crippen LogP contribution in [0.5, 0.6) is 0 Å². The normalized spacial score (nSPS) is 15.3. The Bertz CT molecular complexity index is 399. The summed E-state index contributed by atoms with van der Waals surface area (Å²) in [7, 11) is 0. The molecule has 0 aromatic rings. The average Bonchev–Trinajstić information content (AvgIpc) is 2.64. The van der Waals surface area contributed by atoms with Gasteiger partial charge in [-0.2, -0.15) is 0 Å². The second-order valence-electron chi connectivity index (χ2n) is 7.22. The van der Waals surface area contributed by atoms with Crippen LogP contribution in [0.15, 0.2) is 0 Å². The van der Waals surface area contributed by atoms with Gasteiger partial charge in [0.1, 0.15) is 5.79 Å². The van der Waals surface area contributed by atoms with Crippen molar-refractivity contribution in [2.24, 2.45) is 17.4 Å². The van der Waals surface area contributed by atoms with Gasteiger partial charge in [0.15, 0.2) is 5.92 Å². The van der Waals surface area contributed by atoms with Crippen molar-refractivity contribution in [3.63, 3.8) is 0 Å². The number of aliphatic carboxylic acids is 2. The summed E-state index contributed by atoms with van der Waals surface area (Å²) in [5, 5.41) is 20.5. The van der Waals surface area contributed by atoms with E-state index in [4.69, 9.17) is 21.7 Å². The Labute approximate surface area is 163 Å². The van der Waals surface area contributed by atoms with Crippen molar-refractivity contribution in [2.75, 3.05) is 26.2 Å². The van der Waals surface area contributed by atoms with E-state index < -0.39 is 23.6 Å². The highest BCUT2D eigenvalue weighted by atomic mass is 16.4. The van der Waals surface area contributed by atoms with E-state index in [0.29, 0.717) is 6.42 Å². The molecule has 0 unspecified atom stereocenters. The van der Waals surface area contributed by atoms with Gasteiger partial charge in [-0.25, -0.2) is 0 Å². The molecule has 0 spiro atoms. The second-order valence-corrected chi connectivity index (χ2v) is 7.22. The average molecular weight is 389 g/mol. The number of nitrogens with two attached hydrogens (primary N) is 2. The Morgan fingerprint density at radius 1 is 0.963 bits per heavy atom. The number of unbranched alkanes of at least 4 members (excludes halogenated alkanes) is 6. The minimum absolute atomic E-state index is 0.248. The first kappa shape index (κ1) is 25.8. The number of hydrogen-bond donors (Lipinski definition) is 5. The van der Waals surface area contributed by atoms with Gasteiger partial charge < -0.3 is 27.0 Å². The minimum Gasteiger partial charge on any atom is -0.481 e. The lowest BCUT2D eigenvalue weighted by Gasteiger charge is -2.39. The molecule has 1 heterocycles. The number of piperazine rings is 1. The summed E-state index contributed by atoms with van der Waals surface area (Å²) < 4.78 is 0. The van der Waals surface area contributed by atoms with E-state index in [1.807, 2.05) is 6.92 Å². The first-order chi connectivity index (χ1) is 12.8. The Morgan fingerprint density at radius 3 is 1.89 bits per heavy atom. The fourth-order valence-electron chi connectivity index (χ4n) is 2.96. The molecular formula is C19H40N4O4. The summed E-state index contributed by atoms with van der Waals surface area (Å²) in [4.78, 5) is 23.3. The number of carboxylic acids is 2. The van der Waals surface area contributed by atoms with Gasteiger partial charge >= 0.3 is 11.9 Å². The molecule has 1 rings (SSSR count). The third-order valence-electron chi connectivity index (χ3n) is 4.96. The quantitative estimate of drug-likeness (QED) is 0.193. The molecule has 1 saturated heterocycles. The highest BCUT2D eigenvalue weighted by Gasteiger charge is 2.26. The van der Waals surface area contributed by atoms with Crippen LogP contribution in [0.4, 0.5) is 0 Å². The molecule has 8 nitrogen and oxygen atoms in total. The number of rotatable bonds is 12. The van der Waals surface area contributed by atoms with Gasteiger partial charge in [0, 0.05) is 26.2 Å². The first-order valence-electron chi connectivity index (χ1n) is 10.2. The molecular weight excluding hydrogens is 348 g/mol. The van der Waals surface area contributed by atoms with Gasteiger partial charge in [-0.05, 0) is 12.8 Å². The molecule has 7 N–H and O–H groups in total. The van der Waals surface area contributed by atoms with E-state index in [0.717, 1.165) is 45.4 Å². The monoisotopic (exact) mass is 388 g/mol. The van der Waals surface area contributed by atoms with Crippen molar-refractivity contribution in [2.45, 2.75) is 77.4 Å². The molecule has 0 aliphatic carbocycles. The number of nitrogens with zero attached hydrogens (tertiary/aromatic N) is 1. The molecule has 0 saturated carbocycles. The van der Waals surface area contributed by atoms with Crippen molar-refractivity contribution >= 4 is 11.9 Å². The molecule has 0 bridgehead atoms. The zero-order valence-corrected chi connectivity index (χ0v) is 17.1. The zero-order chi connectivity index (χ0) is 20.7. The number of carbonyl (C=O) groups is 2. The second kappa shape index (κ2) is 14.8. The van der Waals surface area contributed by atoms with E-state index in [-0.39, 0.29) is 6.42 Å². The van der Waals surface area contributed by atoms with Crippen LogP contribution in [-0.2, 0) is 9.59 Å². The number of nitrogens with one attached hydrogen (secondary N) is 1. The maximum absolute atomic E-state index is 10.6. The van der Waals surface area contributed by atoms with E-state index >= 15 is 0 Å². The Balaban J connectivity index is 0.000000533. The fraction of sp³-hybridized carbons (Fsp3) is 0.895. The van der Waals surface area contributed by atoms with Gasteiger partial charge in [-0.1, -0.05) is 58.8 Å². The van der Waals surface area contributed by atoms with Crippen molar-refractivity contribution in [1.82, 2.24) is 10.2 Å². The summed E-state index contributed by atoms with van der Waals surface area (Å²) in [6.07, 6.45) is 8.58. The molecule has 1 aliphatic heterocycles. The molecule has 1 fully saturated rings. The molecule has 0 amide bonds. The third-order valence-corrected chi connectivity index (χ3v) is 4.96. The highest BCUT2D eigenvalue weighted by Crippen LogP contribution is 2.13. The third kappa shape index (κ3) is 12.0. The van der Waals surface area contributed by atoms with Gasteiger partial charge in [0.25, 0.3) is 0 Å². The predicted molar refractivity (Wildman–Crippen MR) is 107 cm³/mol. The van der Waals surface area contributed by atoms with Gasteiger partial charge in [-0.3, -0.25) is 14.5 Å². The van der Waals surface area contributed by atoms with Gasteiger partial charge in [-0.15, -0.1) is 0 Å². The zero-order valence-electron chi connectivity index (χ0n) is 17.1. The maximum Gasteiger partial charge on any atom is 0.317 e. The maximum atomic E-state index is 10.6. The topological polar surface area (TPSA) is 142 Å². The van der Waals surface area contributed by atoms with Crippen molar-refractivity contribution < 1.29 is 19.8 Å². The molecule has 8 heteroatoms. The van der Waals surface area contributed by atoms with E-state index in [1.54, 1.807) is 0 Å². The van der Waals surface area contributed by atoms with Crippen LogP contribution in [0.2, 0.25) is 0 Å². The van der Waals surface area contributed by atoms with Crippen LogP contribution in [0, 0.1) is 5.92 Å². The van der Waals surface area contributed by atoms with Crippen molar-refractivity contribution in [1.29, 1.82) is 0 Å². The molecule has 1 aliphatic rings. The predicted octanol–water partition coefficient (Wildman–Crippen LogP) is 1.79. The molecule has 160 valence electrons. The molecule has 0 atom stereocenters. The SMILES string of the molecule is CCC(N)(N)N1CCNCC1.CCCCCCCCCC(C(=O)O)C(=O)O. The van der Waals surface area contributed by atoms with Gasteiger partial charge in [0.05, 0.1) is 0 Å². The van der Waals surface area contributed by atoms with Crippen LogP contribution < -0.4 is 16.8 Å². The Morgan fingerprint density at radius 2 is 1.44 bits per heavy atom. The summed E-state index contributed by atoms with van der Waals surface area (Å²) in [6.45, 7) is 8.08. The Hall–Kier alpha value is -1.22. The summed E-state index contributed by atoms with van der Waals surface area (Å²) in [6, 6.07) is 0. The largest absolute Gasteiger partial charge is 0.481 e. The molecule has 0 radical (unpaired) electrons. The van der Waals surface area contributed by atoms with E-state index in [1.165, 1.54) is 25.7 Å². The van der Waals surface area contributed by atoms with Crippen LogP contribution in [0.3, 0.4) is 0 Å². The van der Waals surface area contributed by atoms with Crippen LogP contribution in [-0.4, -0.2) is 59.0 Å². The summed E-state index contributed by atoms with van der Waals surface area (Å²) in [5.74, 6) is -4.27. The van der Waals surface area contributed by atoms with Crippen LogP contribution in [0.25, 0.3) is 0 Å². The standard InChI is InChI=1S/C12H22O4.C7H18N4/c1-2-3-4-5-6-7-8-9-10(11(13)14)12(15)16;1-2-7(8,9)11-5-3-10-4-6-11/h10H,2-9H2,1H3,(H,13,14)(H,15,16);10H,2-6,8-9H2,1H3. The molecule has 0 aromatic heterocycles. The fourth-order valence-corrected chi connectivity index (χ4v) is 2.96.